The summed E-state index contributed by atoms with van der Waals surface area (Å²) in [6, 6.07) is 11.0. The molecule has 0 aliphatic carbocycles. The number of hydrogen-bond donors (Lipinski definition) is 1. The second-order valence-corrected chi connectivity index (χ2v) is 7.99. The Balaban J connectivity index is 2.06. The molecule has 2 aromatic rings. The van der Waals surface area contributed by atoms with E-state index >= 15 is 0 Å². The van der Waals surface area contributed by atoms with Crippen LogP contribution in [0.15, 0.2) is 60.7 Å². The first-order valence-electron chi connectivity index (χ1n) is 11.0. The van der Waals surface area contributed by atoms with Gasteiger partial charge in [-0.1, -0.05) is 36.4 Å². The first-order chi connectivity index (χ1) is 16.4. The summed E-state index contributed by atoms with van der Waals surface area (Å²) in [4.78, 5) is 27.5. The Morgan fingerprint density at radius 2 is 1.91 bits per heavy atom. The first-order valence-corrected chi connectivity index (χ1v) is 11.3. The summed E-state index contributed by atoms with van der Waals surface area (Å²) in [5.74, 6) is -0.635. The zero-order chi connectivity index (χ0) is 24.7. The summed E-state index contributed by atoms with van der Waals surface area (Å²) in [5.41, 5.74) is 0.989. The van der Waals surface area contributed by atoms with Gasteiger partial charge in [-0.15, -0.1) is 0 Å². The lowest BCUT2D eigenvalue weighted by Crippen LogP contribution is -2.31. The predicted octanol–water partition coefficient (Wildman–Crippen LogP) is 4.76. The Hall–Kier alpha value is -3.29. The molecule has 34 heavy (non-hydrogen) atoms. The van der Waals surface area contributed by atoms with Crippen LogP contribution in [0.5, 0.6) is 11.5 Å². The number of carbonyl (C=O) groups is 2. The second kappa shape index (κ2) is 11.7. The van der Waals surface area contributed by atoms with Crippen LogP contribution in [0.3, 0.4) is 0 Å². The molecule has 0 bridgehead atoms. The maximum absolute atomic E-state index is 13.1. The molecule has 0 saturated carbocycles. The van der Waals surface area contributed by atoms with Crippen LogP contribution in [0.2, 0.25) is 5.02 Å². The molecular weight excluding hydrogens is 458 g/mol. The third-order valence-electron chi connectivity index (χ3n) is 5.36. The Morgan fingerprint density at radius 1 is 1.18 bits per heavy atom. The molecule has 7 nitrogen and oxygen atoms in total. The molecule has 8 heteroatoms. The number of amides is 1. The molecule has 180 valence electrons. The molecule has 1 N–H and O–H groups in total. The summed E-state index contributed by atoms with van der Waals surface area (Å²) < 4.78 is 16.1. The van der Waals surface area contributed by atoms with Gasteiger partial charge in [0.25, 0.3) is 11.7 Å². The van der Waals surface area contributed by atoms with Crippen molar-refractivity contribution in [1.29, 1.82) is 0 Å². The van der Waals surface area contributed by atoms with Gasteiger partial charge in [0.15, 0.2) is 0 Å². The molecule has 1 fully saturated rings. The van der Waals surface area contributed by atoms with E-state index in [0.29, 0.717) is 60.4 Å². The number of methoxy groups -OCH3 is 1. The van der Waals surface area contributed by atoms with E-state index in [2.05, 4.69) is 6.58 Å². The van der Waals surface area contributed by atoms with E-state index in [1.807, 2.05) is 6.92 Å². The molecule has 1 saturated heterocycles. The average Bonchev–Trinajstić information content (AvgIpc) is 3.09. The average molecular weight is 486 g/mol. The Labute approximate surface area is 204 Å². The number of ketones is 1. The van der Waals surface area contributed by atoms with Crippen LogP contribution in [0, 0.1) is 0 Å². The van der Waals surface area contributed by atoms with Crippen LogP contribution in [-0.4, -0.2) is 55.2 Å². The number of ether oxygens (including phenoxy) is 3. The Bertz CT molecular complexity index is 1080. The van der Waals surface area contributed by atoms with Gasteiger partial charge in [0.1, 0.15) is 23.9 Å². The van der Waals surface area contributed by atoms with E-state index < -0.39 is 17.7 Å². The molecule has 1 aliphatic heterocycles. The fourth-order valence-electron chi connectivity index (χ4n) is 3.81. The summed E-state index contributed by atoms with van der Waals surface area (Å²) >= 11 is 6.29. The number of carbonyl (C=O) groups excluding carboxylic acids is 2. The highest BCUT2D eigenvalue weighted by molar-refractivity contribution is 6.46. The lowest BCUT2D eigenvalue weighted by molar-refractivity contribution is -0.140. The molecule has 0 radical (unpaired) electrons. The number of hydrogen-bond acceptors (Lipinski definition) is 6. The van der Waals surface area contributed by atoms with Gasteiger partial charge in [-0.3, -0.25) is 9.59 Å². The molecule has 0 spiro atoms. The van der Waals surface area contributed by atoms with Crippen molar-refractivity contribution in [2.75, 3.05) is 33.5 Å². The molecule has 0 unspecified atom stereocenters. The fraction of sp³-hybridized carbons (Fsp3) is 0.308. The van der Waals surface area contributed by atoms with E-state index in [1.165, 1.54) is 11.0 Å². The van der Waals surface area contributed by atoms with E-state index in [1.54, 1.807) is 49.6 Å². The van der Waals surface area contributed by atoms with Crippen LogP contribution in [0.25, 0.3) is 5.76 Å². The van der Waals surface area contributed by atoms with Crippen molar-refractivity contribution in [3.05, 3.63) is 76.8 Å². The van der Waals surface area contributed by atoms with Crippen LogP contribution < -0.4 is 9.47 Å². The Kier molecular flexibility index (Phi) is 8.73. The number of aliphatic hydroxyl groups excluding tert-OH is 1. The summed E-state index contributed by atoms with van der Waals surface area (Å²) in [7, 11) is 1.57. The molecule has 3 rings (SSSR count). The van der Waals surface area contributed by atoms with Crippen molar-refractivity contribution in [2.45, 2.75) is 19.4 Å². The maximum atomic E-state index is 13.1. The number of aliphatic hydroxyl groups is 1. The van der Waals surface area contributed by atoms with Gasteiger partial charge in [-0.25, -0.2) is 0 Å². The topological polar surface area (TPSA) is 85.3 Å². The number of halogens is 1. The maximum Gasteiger partial charge on any atom is 0.295 e. The number of benzene rings is 2. The minimum atomic E-state index is -0.768. The van der Waals surface area contributed by atoms with Gasteiger partial charge in [0.2, 0.25) is 0 Å². The monoisotopic (exact) mass is 485 g/mol. The summed E-state index contributed by atoms with van der Waals surface area (Å²) in [5, 5.41) is 11.5. The SMILES string of the molecule is C=CCOc1ccc([C@@H]2C(=C(O)c3ccc(OCC)c(Cl)c3)C(=O)C(=O)N2CCCOC)cc1. The second-order valence-electron chi connectivity index (χ2n) is 7.59. The molecule has 1 heterocycles. The molecule has 1 amide bonds. The van der Waals surface area contributed by atoms with E-state index in [4.69, 9.17) is 25.8 Å². The van der Waals surface area contributed by atoms with Gasteiger partial charge < -0.3 is 24.2 Å². The van der Waals surface area contributed by atoms with Gasteiger partial charge >= 0.3 is 0 Å². The highest BCUT2D eigenvalue weighted by Gasteiger charge is 2.45. The minimum Gasteiger partial charge on any atom is -0.507 e. The van der Waals surface area contributed by atoms with Gasteiger partial charge in [-0.05, 0) is 49.2 Å². The standard InChI is InChI=1S/C26H28ClNO6/c1-4-14-34-19-10-7-17(8-11-19)23-22(25(30)26(31)28(23)13-6-15-32-3)24(29)18-9-12-21(33-5-2)20(27)16-18/h4,7-12,16,23,29H,1,5-6,13-15H2,2-3H3/t23-/m1/s1. The summed E-state index contributed by atoms with van der Waals surface area (Å²) in [6.45, 7) is 6.98. The summed E-state index contributed by atoms with van der Waals surface area (Å²) in [6.07, 6.45) is 2.18. The third-order valence-corrected chi connectivity index (χ3v) is 5.65. The zero-order valence-electron chi connectivity index (χ0n) is 19.3. The van der Waals surface area contributed by atoms with Crippen molar-refractivity contribution in [2.24, 2.45) is 0 Å². The van der Waals surface area contributed by atoms with Crippen molar-refractivity contribution in [3.8, 4) is 11.5 Å². The van der Waals surface area contributed by atoms with Crippen LogP contribution in [-0.2, 0) is 14.3 Å². The van der Waals surface area contributed by atoms with Crippen molar-refractivity contribution >= 4 is 29.1 Å². The molecule has 2 aromatic carbocycles. The van der Waals surface area contributed by atoms with Crippen LogP contribution >= 0.6 is 11.6 Å². The van der Waals surface area contributed by atoms with Gasteiger partial charge in [0.05, 0.1) is 23.2 Å². The third kappa shape index (κ3) is 5.43. The van der Waals surface area contributed by atoms with E-state index in [0.717, 1.165) is 0 Å². The zero-order valence-corrected chi connectivity index (χ0v) is 20.0. The number of nitrogens with zero attached hydrogens (tertiary/aromatic N) is 1. The molecular formula is C26H28ClNO6. The van der Waals surface area contributed by atoms with E-state index in [9.17, 15) is 14.7 Å². The normalized spacial score (nSPS) is 17.1. The quantitative estimate of drug-likeness (QED) is 0.162. The van der Waals surface area contributed by atoms with Gasteiger partial charge in [0, 0.05) is 25.8 Å². The number of rotatable bonds is 11. The van der Waals surface area contributed by atoms with Crippen molar-refractivity contribution < 1.29 is 28.9 Å². The van der Waals surface area contributed by atoms with Crippen molar-refractivity contribution in [3.63, 3.8) is 0 Å². The lowest BCUT2D eigenvalue weighted by atomic mass is 9.95. The predicted molar refractivity (Wildman–Crippen MR) is 130 cm³/mol. The first kappa shape index (κ1) is 25.3. The molecule has 1 aliphatic rings. The number of Topliss-reactive ketones (excluding diaryl/α,β-unsaturated/α-hetero) is 1. The highest BCUT2D eigenvalue weighted by atomic mass is 35.5. The highest BCUT2D eigenvalue weighted by Crippen LogP contribution is 2.40. The van der Waals surface area contributed by atoms with Crippen LogP contribution in [0.1, 0.15) is 30.5 Å². The van der Waals surface area contributed by atoms with E-state index in [-0.39, 0.29) is 11.3 Å². The van der Waals surface area contributed by atoms with Crippen molar-refractivity contribution in [1.82, 2.24) is 4.90 Å². The smallest absolute Gasteiger partial charge is 0.295 e. The molecule has 0 aromatic heterocycles. The number of likely N-dealkylation sites (tertiary alicyclic amines) is 1. The largest absolute Gasteiger partial charge is 0.507 e. The Morgan fingerprint density at radius 3 is 2.53 bits per heavy atom. The molecule has 1 atom stereocenters. The van der Waals surface area contributed by atoms with Gasteiger partial charge in [-0.2, -0.15) is 0 Å². The lowest BCUT2D eigenvalue weighted by Gasteiger charge is -2.25. The minimum absolute atomic E-state index is 0.00223. The van der Waals surface area contributed by atoms with Crippen LogP contribution in [0.4, 0.5) is 0 Å². The fourth-order valence-corrected chi connectivity index (χ4v) is 4.05.